The summed E-state index contributed by atoms with van der Waals surface area (Å²) >= 11 is 5.83. The van der Waals surface area contributed by atoms with E-state index in [9.17, 15) is 9.18 Å². The Kier molecular flexibility index (Phi) is 4.49. The Hall–Kier alpha value is -2.99. The normalized spacial score (nSPS) is 13.3. The molecule has 0 atom stereocenters. The van der Waals surface area contributed by atoms with Gasteiger partial charge in [0.2, 0.25) is 5.91 Å². The molecule has 4 rings (SSSR count). The van der Waals surface area contributed by atoms with Crippen molar-refractivity contribution in [3.63, 3.8) is 0 Å². The van der Waals surface area contributed by atoms with Gasteiger partial charge in [-0.05, 0) is 35.9 Å². The Labute approximate surface area is 160 Å². The molecule has 1 aliphatic rings. The molecule has 2 aromatic heterocycles. The fourth-order valence-electron chi connectivity index (χ4n) is 3.30. The molecule has 0 unspecified atom stereocenters. The molecule has 27 heavy (non-hydrogen) atoms. The maximum Gasteiger partial charge on any atom is 0.246 e. The van der Waals surface area contributed by atoms with Crippen LogP contribution in [0.5, 0.6) is 0 Å². The van der Waals surface area contributed by atoms with Gasteiger partial charge in [-0.1, -0.05) is 24.2 Å². The first-order chi connectivity index (χ1) is 13.1. The summed E-state index contributed by atoms with van der Waals surface area (Å²) in [6.45, 7) is 5.08. The van der Waals surface area contributed by atoms with Crippen LogP contribution in [0.3, 0.4) is 0 Å². The second-order valence-corrected chi connectivity index (χ2v) is 6.63. The maximum atomic E-state index is 14.1. The molecule has 0 radical (unpaired) electrons. The van der Waals surface area contributed by atoms with E-state index < -0.39 is 5.82 Å². The summed E-state index contributed by atoms with van der Waals surface area (Å²) in [4.78, 5) is 17.9. The van der Waals surface area contributed by atoms with Gasteiger partial charge in [0.15, 0.2) is 0 Å². The van der Waals surface area contributed by atoms with Crippen LogP contribution in [0.4, 0.5) is 4.39 Å². The van der Waals surface area contributed by atoms with Crippen LogP contribution in [0.15, 0.2) is 55.4 Å². The van der Waals surface area contributed by atoms with Crippen molar-refractivity contribution in [2.75, 3.05) is 6.54 Å². The number of carbonyl (C=O) groups is 1. The molecule has 1 aromatic carbocycles. The van der Waals surface area contributed by atoms with Crippen molar-refractivity contribution < 1.29 is 9.18 Å². The third-order valence-electron chi connectivity index (χ3n) is 4.63. The minimum absolute atomic E-state index is 0.0657. The van der Waals surface area contributed by atoms with E-state index in [1.165, 1.54) is 18.2 Å². The first-order valence-corrected chi connectivity index (χ1v) is 8.83. The zero-order valence-electron chi connectivity index (χ0n) is 14.4. The lowest BCUT2D eigenvalue weighted by atomic mass is 9.99. The molecule has 1 aliphatic heterocycles. The Bertz CT molecular complexity index is 1030. The fraction of sp³-hybridized carbons (Fsp3) is 0.150. The smallest absolute Gasteiger partial charge is 0.246 e. The van der Waals surface area contributed by atoms with Crippen LogP contribution in [0.1, 0.15) is 5.69 Å². The average Bonchev–Trinajstić information content (AvgIpc) is 3.08. The summed E-state index contributed by atoms with van der Waals surface area (Å²) in [7, 11) is 0. The highest BCUT2D eigenvalue weighted by molar-refractivity contribution is 6.30. The van der Waals surface area contributed by atoms with Crippen molar-refractivity contribution in [2.24, 2.45) is 0 Å². The van der Waals surface area contributed by atoms with Gasteiger partial charge in [0.1, 0.15) is 11.5 Å². The van der Waals surface area contributed by atoms with E-state index in [4.69, 9.17) is 16.7 Å². The van der Waals surface area contributed by atoms with Gasteiger partial charge in [-0.2, -0.15) is 5.10 Å². The first-order valence-electron chi connectivity index (χ1n) is 8.45. The van der Waals surface area contributed by atoms with E-state index in [0.717, 1.165) is 16.8 Å². The molecule has 7 heteroatoms. The van der Waals surface area contributed by atoms with Gasteiger partial charge < -0.3 is 4.90 Å². The Morgan fingerprint density at radius 3 is 2.67 bits per heavy atom. The topological polar surface area (TPSA) is 51.0 Å². The number of fused-ring (bicyclic) bond motifs is 1. The molecule has 136 valence electrons. The summed E-state index contributed by atoms with van der Waals surface area (Å²) < 4.78 is 15.9. The molecule has 3 aromatic rings. The van der Waals surface area contributed by atoms with E-state index in [2.05, 4.69) is 11.6 Å². The zero-order chi connectivity index (χ0) is 19.0. The largest absolute Gasteiger partial charge is 0.331 e. The molecule has 0 spiro atoms. The van der Waals surface area contributed by atoms with Crippen LogP contribution in [-0.2, 0) is 17.9 Å². The first kappa shape index (κ1) is 17.4. The molecule has 0 aliphatic carbocycles. The number of carbonyl (C=O) groups excluding carboxylic acids is 1. The van der Waals surface area contributed by atoms with Gasteiger partial charge in [-0.3, -0.25) is 14.5 Å². The summed E-state index contributed by atoms with van der Waals surface area (Å²) in [6, 6.07) is 8.41. The van der Waals surface area contributed by atoms with Gasteiger partial charge in [-0.25, -0.2) is 4.39 Å². The second kappa shape index (κ2) is 6.96. The minimum atomic E-state index is -0.496. The number of aromatic nitrogens is 3. The Balaban J connectivity index is 1.90. The Morgan fingerprint density at radius 2 is 1.96 bits per heavy atom. The SMILES string of the molecule is C=CC(=O)N1CCn2nc(-c3ccc(Cl)c(F)c3)c(-c3ccncc3)c2C1. The Morgan fingerprint density at radius 1 is 1.19 bits per heavy atom. The third-order valence-corrected chi connectivity index (χ3v) is 4.93. The van der Waals surface area contributed by atoms with Gasteiger partial charge in [0.05, 0.1) is 23.8 Å². The average molecular weight is 383 g/mol. The van der Waals surface area contributed by atoms with E-state index in [-0.39, 0.29) is 10.9 Å². The van der Waals surface area contributed by atoms with Crippen molar-refractivity contribution in [1.82, 2.24) is 19.7 Å². The minimum Gasteiger partial charge on any atom is -0.331 e. The molecule has 0 fully saturated rings. The lowest BCUT2D eigenvalue weighted by Gasteiger charge is -2.27. The molecule has 0 bridgehead atoms. The van der Waals surface area contributed by atoms with Crippen molar-refractivity contribution in [3.8, 4) is 22.4 Å². The van der Waals surface area contributed by atoms with E-state index >= 15 is 0 Å². The van der Waals surface area contributed by atoms with Crippen LogP contribution in [-0.4, -0.2) is 32.1 Å². The molecule has 0 saturated carbocycles. The number of hydrogen-bond donors (Lipinski definition) is 0. The highest BCUT2D eigenvalue weighted by Crippen LogP contribution is 2.37. The van der Waals surface area contributed by atoms with Crippen LogP contribution in [0.25, 0.3) is 22.4 Å². The lowest BCUT2D eigenvalue weighted by Crippen LogP contribution is -2.37. The van der Waals surface area contributed by atoms with Gasteiger partial charge in [0, 0.05) is 30.1 Å². The number of nitrogens with zero attached hydrogens (tertiary/aromatic N) is 4. The zero-order valence-corrected chi connectivity index (χ0v) is 15.2. The van der Waals surface area contributed by atoms with Crippen molar-refractivity contribution in [2.45, 2.75) is 13.1 Å². The number of amides is 1. The number of halogens is 2. The molecular weight excluding hydrogens is 367 g/mol. The predicted octanol–water partition coefficient (Wildman–Crippen LogP) is 3.93. The fourth-order valence-corrected chi connectivity index (χ4v) is 3.42. The summed E-state index contributed by atoms with van der Waals surface area (Å²) in [6.07, 6.45) is 4.70. The molecule has 1 amide bonds. The summed E-state index contributed by atoms with van der Waals surface area (Å²) in [5, 5.41) is 4.78. The lowest BCUT2D eigenvalue weighted by molar-refractivity contribution is -0.127. The van der Waals surface area contributed by atoms with Crippen LogP contribution in [0.2, 0.25) is 5.02 Å². The summed E-state index contributed by atoms with van der Waals surface area (Å²) in [5.41, 5.74) is 3.95. The van der Waals surface area contributed by atoms with E-state index in [0.29, 0.717) is 30.9 Å². The molecule has 3 heterocycles. The standard InChI is InChI=1S/C20H16ClFN4O/c1-2-18(27)25-9-10-26-17(12-25)19(13-5-7-23-8-6-13)20(24-26)14-3-4-15(21)16(22)11-14/h2-8,11H,1,9-10,12H2. The highest BCUT2D eigenvalue weighted by atomic mass is 35.5. The number of rotatable bonds is 3. The van der Waals surface area contributed by atoms with E-state index in [1.807, 2.05) is 16.8 Å². The van der Waals surface area contributed by atoms with Crippen molar-refractivity contribution in [3.05, 3.63) is 71.9 Å². The quantitative estimate of drug-likeness (QED) is 0.645. The number of pyridine rings is 1. The van der Waals surface area contributed by atoms with Crippen molar-refractivity contribution >= 4 is 17.5 Å². The van der Waals surface area contributed by atoms with Crippen LogP contribution < -0.4 is 0 Å². The summed E-state index contributed by atoms with van der Waals surface area (Å²) in [5.74, 6) is -0.619. The van der Waals surface area contributed by atoms with Crippen molar-refractivity contribution in [1.29, 1.82) is 0 Å². The van der Waals surface area contributed by atoms with Crippen LogP contribution >= 0.6 is 11.6 Å². The van der Waals surface area contributed by atoms with Gasteiger partial charge >= 0.3 is 0 Å². The molecule has 5 nitrogen and oxygen atoms in total. The molecule has 0 saturated heterocycles. The predicted molar refractivity (Wildman–Crippen MR) is 101 cm³/mol. The monoisotopic (exact) mass is 382 g/mol. The van der Waals surface area contributed by atoms with Crippen LogP contribution in [0, 0.1) is 5.82 Å². The third kappa shape index (κ3) is 3.13. The highest BCUT2D eigenvalue weighted by Gasteiger charge is 2.27. The number of benzene rings is 1. The molecular formula is C20H16ClFN4O. The molecule has 0 N–H and O–H groups in total. The number of hydrogen-bond acceptors (Lipinski definition) is 3. The second-order valence-electron chi connectivity index (χ2n) is 6.22. The van der Waals surface area contributed by atoms with Gasteiger partial charge in [0.25, 0.3) is 0 Å². The van der Waals surface area contributed by atoms with Gasteiger partial charge in [-0.15, -0.1) is 0 Å². The van der Waals surface area contributed by atoms with E-state index in [1.54, 1.807) is 23.4 Å². The maximum absolute atomic E-state index is 14.1.